The molecule has 0 aliphatic carbocycles. The van der Waals surface area contributed by atoms with Crippen molar-refractivity contribution in [3.8, 4) is 5.75 Å². The molecular formula is C15H22BrNO2. The van der Waals surface area contributed by atoms with Crippen molar-refractivity contribution < 1.29 is 9.47 Å². The smallest absolute Gasteiger partial charge is 0.126 e. The number of rotatable bonds is 9. The van der Waals surface area contributed by atoms with Crippen LogP contribution in [0.15, 0.2) is 29.3 Å². The van der Waals surface area contributed by atoms with E-state index in [2.05, 4.69) is 46.9 Å². The standard InChI is InChI=1S/C15H22BrNO2/c1-4-5-7-19-15-12(2)9-14(16)10-13(15)11-17-6-8-18-3/h4,9-10,17H,1,5-8,11H2,2-3H3. The zero-order valence-corrected chi connectivity index (χ0v) is 13.3. The van der Waals surface area contributed by atoms with E-state index < -0.39 is 0 Å². The Hall–Kier alpha value is -0.840. The van der Waals surface area contributed by atoms with Crippen molar-refractivity contribution in [3.05, 3.63) is 40.4 Å². The summed E-state index contributed by atoms with van der Waals surface area (Å²) < 4.78 is 12.0. The maximum absolute atomic E-state index is 5.86. The van der Waals surface area contributed by atoms with Crippen LogP contribution in [0.3, 0.4) is 0 Å². The molecule has 0 spiro atoms. The van der Waals surface area contributed by atoms with E-state index >= 15 is 0 Å². The van der Waals surface area contributed by atoms with Crippen molar-refractivity contribution in [3.63, 3.8) is 0 Å². The van der Waals surface area contributed by atoms with Gasteiger partial charge in [-0.15, -0.1) is 6.58 Å². The van der Waals surface area contributed by atoms with Gasteiger partial charge >= 0.3 is 0 Å². The number of hydrogen-bond donors (Lipinski definition) is 1. The van der Waals surface area contributed by atoms with Crippen LogP contribution in [0, 0.1) is 6.92 Å². The number of methoxy groups -OCH3 is 1. The molecule has 1 aromatic carbocycles. The zero-order chi connectivity index (χ0) is 14.1. The lowest BCUT2D eigenvalue weighted by molar-refractivity contribution is 0.199. The van der Waals surface area contributed by atoms with Crippen molar-refractivity contribution >= 4 is 15.9 Å². The molecule has 0 unspecified atom stereocenters. The lowest BCUT2D eigenvalue weighted by Gasteiger charge is -2.15. The SMILES string of the molecule is C=CCCOc1c(C)cc(Br)cc1CNCCOC. The Morgan fingerprint density at radius 3 is 2.84 bits per heavy atom. The van der Waals surface area contributed by atoms with Crippen molar-refractivity contribution in [2.24, 2.45) is 0 Å². The molecule has 0 heterocycles. The Bertz CT molecular complexity index is 407. The molecule has 1 rings (SSSR count). The Kier molecular flexibility index (Phi) is 7.79. The molecule has 0 atom stereocenters. The van der Waals surface area contributed by atoms with E-state index in [0.29, 0.717) is 13.2 Å². The van der Waals surface area contributed by atoms with Crippen LogP contribution >= 0.6 is 15.9 Å². The van der Waals surface area contributed by atoms with Gasteiger partial charge in [0.25, 0.3) is 0 Å². The highest BCUT2D eigenvalue weighted by Gasteiger charge is 2.08. The largest absolute Gasteiger partial charge is 0.493 e. The van der Waals surface area contributed by atoms with E-state index in [9.17, 15) is 0 Å². The summed E-state index contributed by atoms with van der Waals surface area (Å²) in [5, 5.41) is 3.34. The second-order valence-corrected chi connectivity index (χ2v) is 5.22. The Morgan fingerprint density at radius 1 is 1.37 bits per heavy atom. The minimum atomic E-state index is 0.664. The maximum Gasteiger partial charge on any atom is 0.126 e. The van der Waals surface area contributed by atoms with Gasteiger partial charge in [-0.2, -0.15) is 0 Å². The predicted molar refractivity (Wildman–Crippen MR) is 82.8 cm³/mol. The fourth-order valence-corrected chi connectivity index (χ4v) is 2.40. The Balaban J connectivity index is 2.71. The van der Waals surface area contributed by atoms with Gasteiger partial charge in [0, 0.05) is 30.2 Å². The number of halogens is 1. The van der Waals surface area contributed by atoms with Gasteiger partial charge in [-0.25, -0.2) is 0 Å². The molecule has 1 aromatic rings. The molecule has 0 saturated heterocycles. The van der Waals surface area contributed by atoms with Crippen molar-refractivity contribution in [1.29, 1.82) is 0 Å². The Labute approximate surface area is 124 Å². The highest BCUT2D eigenvalue weighted by Crippen LogP contribution is 2.28. The monoisotopic (exact) mass is 327 g/mol. The third-order valence-corrected chi connectivity index (χ3v) is 3.14. The van der Waals surface area contributed by atoms with Gasteiger partial charge in [-0.1, -0.05) is 22.0 Å². The molecular weight excluding hydrogens is 306 g/mol. The molecule has 0 aromatic heterocycles. The van der Waals surface area contributed by atoms with Crippen molar-refractivity contribution in [2.45, 2.75) is 19.9 Å². The van der Waals surface area contributed by atoms with Gasteiger partial charge in [0.1, 0.15) is 5.75 Å². The first kappa shape index (κ1) is 16.2. The predicted octanol–water partition coefficient (Wildman–Crippen LogP) is 3.45. The van der Waals surface area contributed by atoms with Crippen LogP contribution in [0.4, 0.5) is 0 Å². The molecule has 106 valence electrons. The van der Waals surface area contributed by atoms with Gasteiger partial charge in [0.2, 0.25) is 0 Å². The third-order valence-electron chi connectivity index (χ3n) is 2.68. The first-order valence-corrected chi connectivity index (χ1v) is 7.20. The fourth-order valence-electron chi connectivity index (χ4n) is 1.78. The zero-order valence-electron chi connectivity index (χ0n) is 11.7. The van der Waals surface area contributed by atoms with Gasteiger partial charge in [0.05, 0.1) is 13.2 Å². The van der Waals surface area contributed by atoms with Crippen LogP contribution in [0.5, 0.6) is 5.75 Å². The molecule has 0 aliphatic rings. The van der Waals surface area contributed by atoms with Crippen LogP contribution in [-0.4, -0.2) is 26.9 Å². The molecule has 19 heavy (non-hydrogen) atoms. The van der Waals surface area contributed by atoms with Crippen LogP contribution in [0.2, 0.25) is 0 Å². The lowest BCUT2D eigenvalue weighted by atomic mass is 10.1. The van der Waals surface area contributed by atoms with Gasteiger partial charge in [-0.3, -0.25) is 0 Å². The van der Waals surface area contributed by atoms with E-state index in [1.165, 1.54) is 0 Å². The third kappa shape index (κ3) is 5.76. The number of nitrogens with one attached hydrogen (secondary N) is 1. The van der Waals surface area contributed by atoms with Gasteiger partial charge in [-0.05, 0) is 31.0 Å². The second kappa shape index (κ2) is 9.13. The summed E-state index contributed by atoms with van der Waals surface area (Å²) in [6, 6.07) is 4.16. The minimum Gasteiger partial charge on any atom is -0.493 e. The van der Waals surface area contributed by atoms with E-state index in [0.717, 1.165) is 40.9 Å². The number of hydrogen-bond acceptors (Lipinski definition) is 3. The fraction of sp³-hybridized carbons (Fsp3) is 0.467. The molecule has 1 N–H and O–H groups in total. The number of aryl methyl sites for hydroxylation is 1. The minimum absolute atomic E-state index is 0.664. The quantitative estimate of drug-likeness (QED) is 0.556. The van der Waals surface area contributed by atoms with Crippen LogP contribution in [-0.2, 0) is 11.3 Å². The summed E-state index contributed by atoms with van der Waals surface area (Å²) in [5.41, 5.74) is 2.30. The molecule has 0 amide bonds. The highest BCUT2D eigenvalue weighted by molar-refractivity contribution is 9.10. The van der Waals surface area contributed by atoms with E-state index in [4.69, 9.17) is 9.47 Å². The van der Waals surface area contributed by atoms with Gasteiger partial charge < -0.3 is 14.8 Å². The average Bonchev–Trinajstić information content (AvgIpc) is 2.37. The van der Waals surface area contributed by atoms with Crippen LogP contribution in [0.1, 0.15) is 17.5 Å². The second-order valence-electron chi connectivity index (χ2n) is 4.31. The summed E-state index contributed by atoms with van der Waals surface area (Å²) >= 11 is 3.53. The summed E-state index contributed by atoms with van der Waals surface area (Å²) in [6.07, 6.45) is 2.72. The summed E-state index contributed by atoms with van der Waals surface area (Å²) in [6.45, 7) is 8.74. The molecule has 0 aliphatic heterocycles. The van der Waals surface area contributed by atoms with E-state index in [-0.39, 0.29) is 0 Å². The first-order chi connectivity index (χ1) is 9.19. The van der Waals surface area contributed by atoms with E-state index in [1.54, 1.807) is 7.11 Å². The summed E-state index contributed by atoms with van der Waals surface area (Å²) in [7, 11) is 1.70. The molecule has 3 nitrogen and oxygen atoms in total. The highest BCUT2D eigenvalue weighted by atomic mass is 79.9. The summed E-state index contributed by atoms with van der Waals surface area (Å²) in [5.74, 6) is 0.968. The van der Waals surface area contributed by atoms with Crippen LogP contribution < -0.4 is 10.1 Å². The maximum atomic E-state index is 5.86. The van der Waals surface area contributed by atoms with Gasteiger partial charge in [0.15, 0.2) is 0 Å². The molecule has 0 saturated carbocycles. The van der Waals surface area contributed by atoms with Crippen molar-refractivity contribution in [1.82, 2.24) is 5.32 Å². The first-order valence-electron chi connectivity index (χ1n) is 6.41. The number of ether oxygens (including phenoxy) is 2. The summed E-state index contributed by atoms with van der Waals surface area (Å²) in [4.78, 5) is 0. The topological polar surface area (TPSA) is 30.5 Å². The van der Waals surface area contributed by atoms with Crippen LogP contribution in [0.25, 0.3) is 0 Å². The average molecular weight is 328 g/mol. The molecule has 0 bridgehead atoms. The molecule has 0 radical (unpaired) electrons. The normalized spacial score (nSPS) is 10.5. The van der Waals surface area contributed by atoms with E-state index in [1.807, 2.05) is 6.08 Å². The molecule has 0 fully saturated rings. The Morgan fingerprint density at radius 2 is 2.16 bits per heavy atom. The number of benzene rings is 1. The molecule has 4 heteroatoms. The van der Waals surface area contributed by atoms with Crippen molar-refractivity contribution in [2.75, 3.05) is 26.9 Å². The lowest BCUT2D eigenvalue weighted by Crippen LogP contribution is -2.19.